The van der Waals surface area contributed by atoms with Crippen molar-refractivity contribution in [2.45, 2.75) is 12.6 Å². The van der Waals surface area contributed by atoms with Crippen LogP contribution in [-0.2, 0) is 5.72 Å². The summed E-state index contributed by atoms with van der Waals surface area (Å²) >= 11 is 5.90. The van der Waals surface area contributed by atoms with Gasteiger partial charge in [0.25, 0.3) is 0 Å². The number of anilines is 1. The Labute approximate surface area is 117 Å². The zero-order valence-corrected chi connectivity index (χ0v) is 11.3. The second-order valence-electron chi connectivity index (χ2n) is 4.42. The molecule has 4 heteroatoms. The highest BCUT2D eigenvalue weighted by Crippen LogP contribution is 2.23. The number of aliphatic imine (C=N–C) groups is 1. The molecule has 1 atom stereocenters. The van der Waals surface area contributed by atoms with Crippen LogP contribution in [0, 0.1) is 0 Å². The third kappa shape index (κ3) is 3.34. The van der Waals surface area contributed by atoms with Crippen molar-refractivity contribution in [1.29, 1.82) is 0 Å². The van der Waals surface area contributed by atoms with Gasteiger partial charge >= 0.3 is 0 Å². The summed E-state index contributed by atoms with van der Waals surface area (Å²) in [5, 5.41) is 10.9. The lowest BCUT2D eigenvalue weighted by molar-refractivity contribution is 0.0683. The minimum absolute atomic E-state index is 0.567. The van der Waals surface area contributed by atoms with Crippen molar-refractivity contribution in [1.82, 2.24) is 0 Å². The SMILES string of the molecule is CC(O)(N=Cc1cc(Cl)ccc1N)c1ccccc1. The molecule has 3 N–H and O–H groups in total. The summed E-state index contributed by atoms with van der Waals surface area (Å²) in [6.45, 7) is 1.62. The lowest BCUT2D eigenvalue weighted by atomic mass is 10.1. The van der Waals surface area contributed by atoms with Crippen LogP contribution in [0.15, 0.2) is 53.5 Å². The van der Waals surface area contributed by atoms with E-state index in [0.717, 1.165) is 0 Å². The Morgan fingerprint density at radius 3 is 2.58 bits per heavy atom. The van der Waals surface area contributed by atoms with Gasteiger partial charge in [-0.2, -0.15) is 0 Å². The van der Waals surface area contributed by atoms with E-state index >= 15 is 0 Å². The second kappa shape index (κ2) is 5.43. The molecular formula is C15H15ClN2O. The van der Waals surface area contributed by atoms with Gasteiger partial charge in [-0.05, 0) is 25.1 Å². The number of nitrogens with two attached hydrogens (primary N) is 1. The number of rotatable bonds is 3. The van der Waals surface area contributed by atoms with Gasteiger partial charge in [0.2, 0.25) is 0 Å². The maximum Gasteiger partial charge on any atom is 0.179 e. The molecule has 0 radical (unpaired) electrons. The molecule has 0 aliphatic rings. The molecule has 3 nitrogen and oxygen atoms in total. The number of hydrogen-bond donors (Lipinski definition) is 2. The van der Waals surface area contributed by atoms with Crippen LogP contribution in [-0.4, -0.2) is 11.3 Å². The van der Waals surface area contributed by atoms with Crippen LogP contribution in [0.3, 0.4) is 0 Å². The summed E-state index contributed by atoms with van der Waals surface area (Å²) in [7, 11) is 0. The quantitative estimate of drug-likeness (QED) is 0.667. The van der Waals surface area contributed by atoms with Gasteiger partial charge in [-0.15, -0.1) is 0 Å². The molecule has 0 spiro atoms. The van der Waals surface area contributed by atoms with Gasteiger partial charge in [0.1, 0.15) is 0 Å². The molecule has 2 aromatic rings. The maximum atomic E-state index is 10.3. The Kier molecular flexibility index (Phi) is 3.88. The van der Waals surface area contributed by atoms with E-state index in [0.29, 0.717) is 21.8 Å². The van der Waals surface area contributed by atoms with Crippen LogP contribution in [0.1, 0.15) is 18.1 Å². The van der Waals surface area contributed by atoms with Crippen LogP contribution >= 0.6 is 11.6 Å². The van der Waals surface area contributed by atoms with E-state index in [-0.39, 0.29) is 0 Å². The van der Waals surface area contributed by atoms with Gasteiger partial charge in [0, 0.05) is 28.1 Å². The van der Waals surface area contributed by atoms with Crippen molar-refractivity contribution in [3.05, 3.63) is 64.7 Å². The second-order valence-corrected chi connectivity index (χ2v) is 4.85. The van der Waals surface area contributed by atoms with E-state index in [9.17, 15) is 5.11 Å². The number of hydrogen-bond acceptors (Lipinski definition) is 3. The van der Waals surface area contributed by atoms with Crippen molar-refractivity contribution < 1.29 is 5.11 Å². The first-order valence-electron chi connectivity index (χ1n) is 5.87. The molecule has 2 rings (SSSR count). The van der Waals surface area contributed by atoms with Crippen LogP contribution in [0.4, 0.5) is 5.69 Å². The van der Waals surface area contributed by atoms with Crippen LogP contribution in [0.25, 0.3) is 0 Å². The van der Waals surface area contributed by atoms with Crippen LogP contribution < -0.4 is 5.73 Å². The monoisotopic (exact) mass is 274 g/mol. The molecule has 0 heterocycles. The zero-order chi connectivity index (χ0) is 13.9. The highest BCUT2D eigenvalue weighted by Gasteiger charge is 2.20. The lowest BCUT2D eigenvalue weighted by Gasteiger charge is -2.18. The summed E-state index contributed by atoms with van der Waals surface area (Å²) in [6, 6.07) is 14.4. The number of nitrogens with zero attached hydrogens (tertiary/aromatic N) is 1. The molecule has 1 unspecified atom stereocenters. The first-order valence-corrected chi connectivity index (χ1v) is 6.25. The van der Waals surface area contributed by atoms with Crippen LogP contribution in [0.2, 0.25) is 5.02 Å². The summed E-state index contributed by atoms with van der Waals surface area (Å²) in [5.41, 5.74) is 6.50. The van der Waals surface area contributed by atoms with Crippen molar-refractivity contribution in [3.63, 3.8) is 0 Å². The molecule has 0 aliphatic heterocycles. The highest BCUT2D eigenvalue weighted by molar-refractivity contribution is 6.31. The molecule has 0 aliphatic carbocycles. The fourth-order valence-electron chi connectivity index (χ4n) is 1.68. The third-order valence-electron chi connectivity index (χ3n) is 2.82. The van der Waals surface area contributed by atoms with Gasteiger partial charge in [-0.25, -0.2) is 0 Å². The van der Waals surface area contributed by atoms with Crippen LogP contribution in [0.5, 0.6) is 0 Å². The molecule has 2 aromatic carbocycles. The Morgan fingerprint density at radius 2 is 1.89 bits per heavy atom. The minimum Gasteiger partial charge on any atom is -0.398 e. The van der Waals surface area contributed by atoms with Crippen molar-refractivity contribution in [2.75, 3.05) is 5.73 Å². The summed E-state index contributed by atoms with van der Waals surface area (Å²) in [6.07, 6.45) is 1.54. The molecule has 0 saturated carbocycles. The Bertz CT molecular complexity index is 594. The predicted molar refractivity (Wildman–Crippen MR) is 79.5 cm³/mol. The van der Waals surface area contributed by atoms with Crippen molar-refractivity contribution >= 4 is 23.5 Å². The first kappa shape index (κ1) is 13.6. The van der Waals surface area contributed by atoms with E-state index in [1.807, 2.05) is 30.3 Å². The number of aliphatic hydroxyl groups is 1. The molecule has 98 valence electrons. The standard InChI is InChI=1S/C15H15ClN2O/c1-15(19,12-5-3-2-4-6-12)18-10-11-9-13(16)7-8-14(11)17/h2-10,19H,17H2,1H3. The summed E-state index contributed by atoms with van der Waals surface area (Å²) in [4.78, 5) is 4.19. The summed E-state index contributed by atoms with van der Waals surface area (Å²) in [5.74, 6) is 0. The molecule has 0 bridgehead atoms. The number of halogens is 1. The Morgan fingerprint density at radius 1 is 1.21 bits per heavy atom. The maximum absolute atomic E-state index is 10.3. The largest absolute Gasteiger partial charge is 0.398 e. The predicted octanol–water partition coefficient (Wildman–Crippen LogP) is 3.21. The van der Waals surface area contributed by atoms with Crippen molar-refractivity contribution in [3.8, 4) is 0 Å². The fourth-order valence-corrected chi connectivity index (χ4v) is 1.86. The number of benzene rings is 2. The highest BCUT2D eigenvalue weighted by atomic mass is 35.5. The van der Waals surface area contributed by atoms with Gasteiger partial charge in [0.05, 0.1) is 0 Å². The molecule has 0 aromatic heterocycles. The van der Waals surface area contributed by atoms with E-state index in [1.54, 1.807) is 25.1 Å². The van der Waals surface area contributed by atoms with Gasteiger partial charge in [-0.3, -0.25) is 4.99 Å². The normalized spacial score (nSPS) is 14.5. The Balaban J connectivity index is 2.29. The number of nitrogen functional groups attached to an aromatic ring is 1. The smallest absolute Gasteiger partial charge is 0.179 e. The minimum atomic E-state index is -1.30. The Hall–Kier alpha value is -1.84. The molecule has 0 amide bonds. The van der Waals surface area contributed by atoms with Gasteiger partial charge in [0.15, 0.2) is 5.72 Å². The lowest BCUT2D eigenvalue weighted by Crippen LogP contribution is -2.18. The molecular weight excluding hydrogens is 260 g/mol. The zero-order valence-electron chi connectivity index (χ0n) is 10.5. The van der Waals surface area contributed by atoms with Gasteiger partial charge < -0.3 is 10.8 Å². The average molecular weight is 275 g/mol. The summed E-state index contributed by atoms with van der Waals surface area (Å²) < 4.78 is 0. The van der Waals surface area contributed by atoms with E-state index < -0.39 is 5.72 Å². The molecule has 0 saturated heterocycles. The fraction of sp³-hybridized carbons (Fsp3) is 0.133. The van der Waals surface area contributed by atoms with Crippen molar-refractivity contribution in [2.24, 2.45) is 4.99 Å². The topological polar surface area (TPSA) is 58.6 Å². The van der Waals surface area contributed by atoms with E-state index in [2.05, 4.69) is 4.99 Å². The first-order chi connectivity index (χ1) is 8.99. The van der Waals surface area contributed by atoms with Gasteiger partial charge in [-0.1, -0.05) is 41.9 Å². The molecule has 19 heavy (non-hydrogen) atoms. The third-order valence-corrected chi connectivity index (χ3v) is 3.06. The van der Waals surface area contributed by atoms with E-state index in [1.165, 1.54) is 6.21 Å². The molecule has 0 fully saturated rings. The average Bonchev–Trinajstić information content (AvgIpc) is 2.41. The van der Waals surface area contributed by atoms with E-state index in [4.69, 9.17) is 17.3 Å².